The van der Waals surface area contributed by atoms with Gasteiger partial charge in [-0.15, -0.1) is 0 Å². The van der Waals surface area contributed by atoms with Crippen molar-refractivity contribution in [3.63, 3.8) is 0 Å². The fourth-order valence-corrected chi connectivity index (χ4v) is 2.34. The minimum absolute atomic E-state index is 0.417. The van der Waals surface area contributed by atoms with Crippen molar-refractivity contribution in [2.24, 2.45) is 0 Å². The summed E-state index contributed by atoms with van der Waals surface area (Å²) in [5.41, 5.74) is 1.19. The van der Waals surface area contributed by atoms with E-state index in [1.807, 2.05) is 30.3 Å². The van der Waals surface area contributed by atoms with Crippen molar-refractivity contribution in [3.05, 3.63) is 64.1 Å². The number of anilines is 1. The maximum Gasteiger partial charge on any atom is 0.416 e. The molecule has 2 aromatic rings. The molecule has 0 saturated heterocycles. The maximum atomic E-state index is 12.5. The van der Waals surface area contributed by atoms with E-state index in [2.05, 4.69) is 21.2 Å². The van der Waals surface area contributed by atoms with E-state index >= 15 is 0 Å². The molecule has 0 atom stereocenters. The molecule has 20 heavy (non-hydrogen) atoms. The van der Waals surface area contributed by atoms with Crippen LogP contribution in [-0.4, -0.2) is 6.54 Å². The third kappa shape index (κ3) is 4.00. The topological polar surface area (TPSA) is 12.0 Å². The molecule has 0 aliphatic rings. The first kappa shape index (κ1) is 14.9. The summed E-state index contributed by atoms with van der Waals surface area (Å²) >= 11 is 3.16. The predicted molar refractivity (Wildman–Crippen MR) is 77.8 cm³/mol. The Balaban J connectivity index is 1.97. The molecule has 0 unspecified atom stereocenters. The molecule has 1 nitrogen and oxygen atoms in total. The minimum atomic E-state index is -4.31. The summed E-state index contributed by atoms with van der Waals surface area (Å²) in [6, 6.07) is 13.5. The van der Waals surface area contributed by atoms with Gasteiger partial charge in [0.25, 0.3) is 0 Å². The van der Waals surface area contributed by atoms with E-state index < -0.39 is 11.7 Å². The summed E-state index contributed by atoms with van der Waals surface area (Å²) in [4.78, 5) is 0. The lowest BCUT2D eigenvalue weighted by Gasteiger charge is -2.12. The van der Waals surface area contributed by atoms with Crippen LogP contribution in [0.1, 0.15) is 11.1 Å². The van der Waals surface area contributed by atoms with Gasteiger partial charge in [-0.2, -0.15) is 13.2 Å². The van der Waals surface area contributed by atoms with Crippen LogP contribution >= 0.6 is 15.9 Å². The number of hydrogen-bond acceptors (Lipinski definition) is 1. The van der Waals surface area contributed by atoms with Gasteiger partial charge in [0.15, 0.2) is 0 Å². The Kier molecular flexibility index (Phi) is 4.70. The van der Waals surface area contributed by atoms with E-state index in [0.717, 1.165) is 18.6 Å². The summed E-state index contributed by atoms with van der Waals surface area (Å²) in [7, 11) is 0. The summed E-state index contributed by atoms with van der Waals surface area (Å²) in [5.74, 6) is 0. The van der Waals surface area contributed by atoms with Crippen molar-refractivity contribution in [3.8, 4) is 0 Å². The average molecular weight is 344 g/mol. The van der Waals surface area contributed by atoms with Crippen molar-refractivity contribution in [2.45, 2.75) is 12.6 Å². The molecule has 0 bridgehead atoms. The number of alkyl halides is 3. The zero-order valence-corrected chi connectivity index (χ0v) is 12.1. The highest BCUT2D eigenvalue weighted by atomic mass is 79.9. The molecule has 0 aromatic heterocycles. The Morgan fingerprint density at radius 1 is 1.00 bits per heavy atom. The molecule has 0 aliphatic carbocycles. The fraction of sp³-hybridized carbons (Fsp3) is 0.200. The lowest BCUT2D eigenvalue weighted by Crippen LogP contribution is -2.08. The first-order valence-corrected chi connectivity index (χ1v) is 6.90. The molecule has 5 heteroatoms. The second kappa shape index (κ2) is 6.31. The monoisotopic (exact) mass is 343 g/mol. The molecule has 0 aliphatic heterocycles. The Hall–Kier alpha value is -1.49. The van der Waals surface area contributed by atoms with Crippen LogP contribution in [0, 0.1) is 0 Å². The Labute approximate surface area is 123 Å². The highest BCUT2D eigenvalue weighted by Gasteiger charge is 2.30. The normalized spacial score (nSPS) is 11.4. The van der Waals surface area contributed by atoms with E-state index in [4.69, 9.17) is 0 Å². The van der Waals surface area contributed by atoms with Crippen LogP contribution in [0.4, 0.5) is 18.9 Å². The van der Waals surface area contributed by atoms with Crippen molar-refractivity contribution < 1.29 is 13.2 Å². The van der Waals surface area contributed by atoms with E-state index in [0.29, 0.717) is 16.7 Å². The van der Waals surface area contributed by atoms with Crippen molar-refractivity contribution in [2.75, 3.05) is 11.9 Å². The van der Waals surface area contributed by atoms with E-state index in [1.165, 1.54) is 11.6 Å². The molecule has 2 aromatic carbocycles. The molecule has 1 N–H and O–H groups in total. The second-order valence-corrected chi connectivity index (χ2v) is 5.21. The highest BCUT2D eigenvalue weighted by molar-refractivity contribution is 9.10. The zero-order chi connectivity index (χ0) is 14.6. The van der Waals surface area contributed by atoms with Gasteiger partial charge in [0, 0.05) is 16.7 Å². The Morgan fingerprint density at radius 2 is 1.70 bits per heavy atom. The summed E-state index contributed by atoms with van der Waals surface area (Å²) in [6.07, 6.45) is -3.50. The van der Waals surface area contributed by atoms with Crippen molar-refractivity contribution >= 4 is 21.6 Å². The molecule has 0 radical (unpaired) electrons. The maximum absolute atomic E-state index is 12.5. The van der Waals surface area contributed by atoms with Crippen LogP contribution in [0.5, 0.6) is 0 Å². The molecule has 106 valence electrons. The molecule has 0 heterocycles. The summed E-state index contributed by atoms with van der Waals surface area (Å²) < 4.78 is 38.0. The largest absolute Gasteiger partial charge is 0.416 e. The third-order valence-corrected chi connectivity index (χ3v) is 3.52. The number of nitrogens with one attached hydrogen (secondary N) is 1. The van der Waals surface area contributed by atoms with Crippen LogP contribution in [0.15, 0.2) is 53.0 Å². The van der Waals surface area contributed by atoms with Crippen LogP contribution in [0.2, 0.25) is 0 Å². The van der Waals surface area contributed by atoms with E-state index in [-0.39, 0.29) is 0 Å². The van der Waals surface area contributed by atoms with Crippen LogP contribution < -0.4 is 5.32 Å². The van der Waals surface area contributed by atoms with Gasteiger partial charge in [0.05, 0.1) is 5.56 Å². The average Bonchev–Trinajstić information content (AvgIpc) is 2.40. The molecular weight excluding hydrogens is 331 g/mol. The van der Waals surface area contributed by atoms with Crippen molar-refractivity contribution in [1.82, 2.24) is 0 Å². The van der Waals surface area contributed by atoms with Crippen LogP contribution in [0.3, 0.4) is 0 Å². The van der Waals surface area contributed by atoms with Crippen LogP contribution in [-0.2, 0) is 12.6 Å². The van der Waals surface area contributed by atoms with Gasteiger partial charge in [-0.25, -0.2) is 0 Å². The highest BCUT2D eigenvalue weighted by Crippen LogP contribution is 2.33. The lowest BCUT2D eigenvalue weighted by molar-refractivity contribution is -0.137. The number of rotatable bonds is 4. The molecule has 0 amide bonds. The lowest BCUT2D eigenvalue weighted by atomic mass is 10.1. The van der Waals surface area contributed by atoms with Gasteiger partial charge in [-0.3, -0.25) is 0 Å². The first-order chi connectivity index (χ1) is 9.47. The molecular formula is C15H13BrF3N. The van der Waals surface area contributed by atoms with Gasteiger partial charge in [-0.1, -0.05) is 30.3 Å². The van der Waals surface area contributed by atoms with Gasteiger partial charge >= 0.3 is 6.18 Å². The van der Waals surface area contributed by atoms with Gasteiger partial charge < -0.3 is 5.32 Å². The summed E-state index contributed by atoms with van der Waals surface area (Å²) in [6.45, 7) is 0.661. The molecule has 0 fully saturated rings. The second-order valence-electron chi connectivity index (χ2n) is 4.35. The van der Waals surface area contributed by atoms with Gasteiger partial charge in [0.2, 0.25) is 0 Å². The SMILES string of the molecule is FC(F)(F)c1ccc(NCCc2ccccc2)c(Br)c1. The standard InChI is InChI=1S/C15H13BrF3N/c16-13-10-12(15(17,18)19)6-7-14(13)20-9-8-11-4-2-1-3-5-11/h1-7,10,20H,8-9H2. The quantitative estimate of drug-likeness (QED) is 0.812. The third-order valence-electron chi connectivity index (χ3n) is 2.87. The molecule has 0 saturated carbocycles. The van der Waals surface area contributed by atoms with Crippen molar-refractivity contribution in [1.29, 1.82) is 0 Å². The Morgan fingerprint density at radius 3 is 2.30 bits per heavy atom. The number of hydrogen-bond donors (Lipinski definition) is 1. The van der Waals surface area contributed by atoms with Gasteiger partial charge in [-0.05, 0) is 46.1 Å². The van der Waals surface area contributed by atoms with Gasteiger partial charge in [0.1, 0.15) is 0 Å². The van der Waals surface area contributed by atoms with Crippen LogP contribution in [0.25, 0.3) is 0 Å². The van der Waals surface area contributed by atoms with E-state index in [1.54, 1.807) is 0 Å². The van der Waals surface area contributed by atoms with E-state index in [9.17, 15) is 13.2 Å². The number of halogens is 4. The zero-order valence-electron chi connectivity index (χ0n) is 10.5. The molecule has 0 spiro atoms. The fourth-order valence-electron chi connectivity index (χ4n) is 1.82. The summed E-state index contributed by atoms with van der Waals surface area (Å²) in [5, 5.41) is 3.13. The molecule has 2 rings (SSSR count). The smallest absolute Gasteiger partial charge is 0.384 e. The number of benzene rings is 2. The predicted octanol–water partition coefficient (Wildman–Crippen LogP) is 5.12. The minimum Gasteiger partial charge on any atom is -0.384 e. The first-order valence-electron chi connectivity index (χ1n) is 6.11. The Bertz CT molecular complexity index is 567.